The Morgan fingerprint density at radius 2 is 2.19 bits per heavy atom. The number of anilines is 1. The number of benzene rings is 1. The van der Waals surface area contributed by atoms with E-state index < -0.39 is 0 Å². The molecule has 0 unspecified atom stereocenters. The standard InChI is InChI=1S/C20H24N2O4S/c1-3-25-20(24)21-10-15-12-26-22(17(11-23)14-7-5-4-6-8-14)18(15)16-9-13(2)27-19(16)21/h4-9,15,17-18,23H,3,10-12H2,1-2H3/t15-,17+,18+/m1/s1. The molecule has 27 heavy (non-hydrogen) atoms. The maximum Gasteiger partial charge on any atom is 0.414 e. The highest BCUT2D eigenvalue weighted by Gasteiger charge is 2.48. The Hall–Kier alpha value is -1.93. The summed E-state index contributed by atoms with van der Waals surface area (Å²) in [5.41, 5.74) is 2.09. The van der Waals surface area contributed by atoms with E-state index in [4.69, 9.17) is 9.57 Å². The molecule has 3 heterocycles. The maximum atomic E-state index is 12.5. The second-order valence-electron chi connectivity index (χ2n) is 6.90. The SMILES string of the molecule is CCOC(=O)N1C[C@@H]2CON([C@@H](CO)c3ccccc3)[C@@H]2c2cc(C)sc21. The number of amides is 1. The van der Waals surface area contributed by atoms with Crippen molar-refractivity contribution in [1.29, 1.82) is 0 Å². The molecule has 2 aliphatic rings. The Kier molecular flexibility index (Phi) is 5.19. The molecular weight excluding hydrogens is 364 g/mol. The molecule has 3 atom stereocenters. The summed E-state index contributed by atoms with van der Waals surface area (Å²) < 4.78 is 5.26. The van der Waals surface area contributed by atoms with Crippen LogP contribution in [-0.2, 0) is 9.57 Å². The lowest BCUT2D eigenvalue weighted by molar-refractivity contribution is -0.174. The summed E-state index contributed by atoms with van der Waals surface area (Å²) in [4.78, 5) is 21.4. The first-order chi connectivity index (χ1) is 13.1. The third-order valence-corrected chi connectivity index (χ3v) is 6.24. The second kappa shape index (κ2) is 7.59. The highest BCUT2D eigenvalue weighted by Crippen LogP contribution is 2.50. The minimum Gasteiger partial charge on any atom is -0.449 e. The number of hydrogen-bond acceptors (Lipinski definition) is 6. The molecule has 2 aromatic rings. The number of hydrogen-bond donors (Lipinski definition) is 1. The lowest BCUT2D eigenvalue weighted by Gasteiger charge is -2.37. The number of aliphatic hydroxyl groups excluding tert-OH is 1. The van der Waals surface area contributed by atoms with Crippen molar-refractivity contribution in [3.05, 3.63) is 52.4 Å². The van der Waals surface area contributed by atoms with Crippen molar-refractivity contribution in [3.63, 3.8) is 0 Å². The van der Waals surface area contributed by atoms with Gasteiger partial charge in [0.1, 0.15) is 5.00 Å². The topological polar surface area (TPSA) is 62.2 Å². The van der Waals surface area contributed by atoms with Gasteiger partial charge >= 0.3 is 6.09 Å². The maximum absolute atomic E-state index is 12.5. The summed E-state index contributed by atoms with van der Waals surface area (Å²) in [5, 5.41) is 12.9. The van der Waals surface area contributed by atoms with E-state index in [-0.39, 0.29) is 30.7 Å². The quantitative estimate of drug-likeness (QED) is 0.866. The molecule has 6 nitrogen and oxygen atoms in total. The number of aliphatic hydroxyl groups is 1. The predicted octanol–water partition coefficient (Wildman–Crippen LogP) is 3.67. The van der Waals surface area contributed by atoms with Gasteiger partial charge in [-0.1, -0.05) is 30.3 Å². The van der Waals surface area contributed by atoms with Crippen LogP contribution in [0.25, 0.3) is 0 Å². The lowest BCUT2D eigenvalue weighted by atomic mass is 9.90. The largest absolute Gasteiger partial charge is 0.449 e. The van der Waals surface area contributed by atoms with Crippen molar-refractivity contribution in [3.8, 4) is 0 Å². The first-order valence-corrected chi connectivity index (χ1v) is 10.1. The number of thiophene rings is 1. The van der Waals surface area contributed by atoms with Gasteiger partial charge in [-0.15, -0.1) is 11.3 Å². The third-order valence-electron chi connectivity index (χ3n) is 5.16. The normalized spacial score (nSPS) is 23.0. The molecule has 2 aliphatic heterocycles. The van der Waals surface area contributed by atoms with Crippen LogP contribution < -0.4 is 4.90 Å². The van der Waals surface area contributed by atoms with Gasteiger partial charge in [0.2, 0.25) is 0 Å². The third kappa shape index (κ3) is 3.25. The van der Waals surface area contributed by atoms with Crippen molar-refractivity contribution in [2.75, 3.05) is 31.3 Å². The van der Waals surface area contributed by atoms with E-state index in [1.165, 1.54) is 0 Å². The van der Waals surface area contributed by atoms with Crippen molar-refractivity contribution >= 4 is 22.4 Å². The molecule has 1 amide bonds. The van der Waals surface area contributed by atoms with Crippen LogP contribution in [0.15, 0.2) is 36.4 Å². The van der Waals surface area contributed by atoms with E-state index in [0.717, 1.165) is 21.0 Å². The van der Waals surface area contributed by atoms with Gasteiger partial charge in [-0.05, 0) is 25.5 Å². The molecule has 1 fully saturated rings. The number of nitrogens with zero attached hydrogens (tertiary/aromatic N) is 2. The first kappa shape index (κ1) is 18.4. The molecule has 7 heteroatoms. The van der Waals surface area contributed by atoms with Gasteiger partial charge in [-0.2, -0.15) is 5.06 Å². The van der Waals surface area contributed by atoms with Gasteiger partial charge in [0.05, 0.1) is 31.9 Å². The second-order valence-corrected chi connectivity index (χ2v) is 8.13. The number of fused-ring (bicyclic) bond motifs is 3. The number of rotatable bonds is 4. The molecule has 144 valence electrons. The fraction of sp³-hybridized carbons (Fsp3) is 0.450. The summed E-state index contributed by atoms with van der Waals surface area (Å²) in [5.74, 6) is 0.133. The van der Waals surface area contributed by atoms with Gasteiger partial charge in [0, 0.05) is 22.9 Å². The Morgan fingerprint density at radius 3 is 2.89 bits per heavy atom. The van der Waals surface area contributed by atoms with Crippen LogP contribution in [0, 0.1) is 12.8 Å². The van der Waals surface area contributed by atoms with Crippen molar-refractivity contribution in [2.24, 2.45) is 5.92 Å². The number of carbonyl (C=O) groups excluding carboxylic acids is 1. The van der Waals surface area contributed by atoms with E-state index in [2.05, 4.69) is 6.07 Å². The van der Waals surface area contributed by atoms with E-state index in [9.17, 15) is 9.90 Å². The molecule has 1 N–H and O–H groups in total. The number of hydroxylamine groups is 2. The van der Waals surface area contributed by atoms with Crippen LogP contribution in [-0.4, -0.2) is 42.6 Å². The zero-order valence-corrected chi connectivity index (χ0v) is 16.3. The Balaban J connectivity index is 1.70. The van der Waals surface area contributed by atoms with Crippen LogP contribution in [0.3, 0.4) is 0 Å². The Labute approximate surface area is 162 Å². The molecule has 0 saturated carbocycles. The molecule has 0 aliphatic carbocycles. The molecule has 1 saturated heterocycles. The minimum atomic E-state index is -0.306. The summed E-state index contributed by atoms with van der Waals surface area (Å²) in [7, 11) is 0. The number of aryl methyl sites for hydroxylation is 1. The van der Waals surface area contributed by atoms with Gasteiger partial charge in [0.15, 0.2) is 0 Å². The number of ether oxygens (including phenoxy) is 1. The fourth-order valence-corrected chi connectivity index (χ4v) is 5.06. The van der Waals surface area contributed by atoms with Crippen molar-refractivity contribution in [1.82, 2.24) is 5.06 Å². The number of carbonyl (C=O) groups is 1. The smallest absolute Gasteiger partial charge is 0.414 e. The monoisotopic (exact) mass is 388 g/mol. The zero-order valence-electron chi connectivity index (χ0n) is 15.5. The molecule has 1 aromatic carbocycles. The molecule has 0 bridgehead atoms. The fourth-order valence-electron chi connectivity index (χ4n) is 4.02. The molecule has 0 spiro atoms. The van der Waals surface area contributed by atoms with Gasteiger partial charge < -0.3 is 9.84 Å². The van der Waals surface area contributed by atoms with Gasteiger partial charge in [-0.3, -0.25) is 9.74 Å². The van der Waals surface area contributed by atoms with Crippen molar-refractivity contribution < 1.29 is 19.5 Å². The van der Waals surface area contributed by atoms with Crippen molar-refractivity contribution in [2.45, 2.75) is 25.9 Å². The highest BCUT2D eigenvalue weighted by molar-refractivity contribution is 7.16. The zero-order chi connectivity index (χ0) is 19.0. The average molecular weight is 388 g/mol. The van der Waals surface area contributed by atoms with E-state index in [0.29, 0.717) is 19.8 Å². The van der Waals surface area contributed by atoms with Gasteiger partial charge in [0.25, 0.3) is 0 Å². The lowest BCUT2D eigenvalue weighted by Crippen LogP contribution is -2.43. The summed E-state index contributed by atoms with van der Waals surface area (Å²) in [6.07, 6.45) is -0.306. The van der Waals surface area contributed by atoms with Crippen LogP contribution in [0.1, 0.15) is 35.0 Å². The average Bonchev–Trinajstić information content (AvgIpc) is 3.26. The highest BCUT2D eigenvalue weighted by atomic mass is 32.1. The minimum absolute atomic E-state index is 0.00739. The Bertz CT molecular complexity index is 810. The summed E-state index contributed by atoms with van der Waals surface area (Å²) in [6.45, 7) is 5.25. The summed E-state index contributed by atoms with van der Waals surface area (Å²) in [6, 6.07) is 11.8. The predicted molar refractivity (Wildman–Crippen MR) is 104 cm³/mol. The van der Waals surface area contributed by atoms with Crippen LogP contribution in [0.2, 0.25) is 0 Å². The van der Waals surface area contributed by atoms with Crippen LogP contribution in [0.4, 0.5) is 9.80 Å². The van der Waals surface area contributed by atoms with Gasteiger partial charge in [-0.25, -0.2) is 4.79 Å². The molecular formula is C20H24N2O4S. The van der Waals surface area contributed by atoms with E-state index in [1.54, 1.807) is 16.2 Å². The molecule has 4 rings (SSSR count). The molecule has 1 aromatic heterocycles. The van der Waals surface area contributed by atoms with Crippen LogP contribution >= 0.6 is 11.3 Å². The first-order valence-electron chi connectivity index (χ1n) is 9.25. The van der Waals surface area contributed by atoms with Crippen LogP contribution in [0.5, 0.6) is 0 Å². The van der Waals surface area contributed by atoms with E-state index >= 15 is 0 Å². The molecule has 0 radical (unpaired) electrons. The van der Waals surface area contributed by atoms with E-state index in [1.807, 2.05) is 49.2 Å². The summed E-state index contributed by atoms with van der Waals surface area (Å²) >= 11 is 1.60. The Morgan fingerprint density at radius 1 is 1.41 bits per heavy atom.